The highest BCUT2D eigenvalue weighted by Gasteiger charge is 1.99. The molecule has 19 heavy (non-hydrogen) atoms. The van der Waals surface area contributed by atoms with Crippen molar-refractivity contribution in [3.8, 4) is 0 Å². The lowest BCUT2D eigenvalue weighted by Crippen LogP contribution is -2.36. The summed E-state index contributed by atoms with van der Waals surface area (Å²) in [7, 11) is 1.66. The molecule has 0 aromatic rings. The molecule has 0 radical (unpaired) electrons. The summed E-state index contributed by atoms with van der Waals surface area (Å²) in [5, 5.41) is 14.0. The SMILES string of the molecule is COCCCCNC(=O)NCCCCCCC(=O)O. The van der Waals surface area contributed by atoms with E-state index in [1.807, 2.05) is 0 Å². The normalized spacial score (nSPS) is 10.2. The fourth-order valence-electron chi connectivity index (χ4n) is 1.59. The minimum Gasteiger partial charge on any atom is -0.481 e. The number of carbonyl (C=O) groups is 2. The summed E-state index contributed by atoms with van der Waals surface area (Å²) in [4.78, 5) is 21.6. The molecule has 0 fully saturated rings. The molecule has 6 heteroatoms. The first-order valence-corrected chi connectivity index (χ1v) is 6.89. The predicted octanol–water partition coefficient (Wildman–Crippen LogP) is 1.75. The Bertz CT molecular complexity index is 247. The smallest absolute Gasteiger partial charge is 0.314 e. The number of ether oxygens (including phenoxy) is 1. The maximum Gasteiger partial charge on any atom is 0.314 e. The zero-order valence-electron chi connectivity index (χ0n) is 11.7. The molecule has 0 rings (SSSR count). The lowest BCUT2D eigenvalue weighted by molar-refractivity contribution is -0.137. The molecule has 0 spiro atoms. The second-order valence-electron chi connectivity index (χ2n) is 4.44. The number of nitrogens with one attached hydrogen (secondary N) is 2. The summed E-state index contributed by atoms with van der Waals surface area (Å²) in [6.07, 6.45) is 5.53. The number of urea groups is 1. The molecule has 0 saturated carbocycles. The number of aliphatic carboxylic acids is 1. The molecule has 3 N–H and O–H groups in total. The molecule has 0 aromatic carbocycles. The van der Waals surface area contributed by atoms with E-state index in [1.165, 1.54) is 0 Å². The molecule has 0 heterocycles. The lowest BCUT2D eigenvalue weighted by atomic mass is 10.1. The maximum absolute atomic E-state index is 11.3. The minimum absolute atomic E-state index is 0.136. The first kappa shape index (κ1) is 17.7. The molecule has 0 saturated heterocycles. The van der Waals surface area contributed by atoms with Gasteiger partial charge in [0.2, 0.25) is 0 Å². The van der Waals surface area contributed by atoms with Crippen LogP contribution < -0.4 is 10.6 Å². The van der Waals surface area contributed by atoms with Crippen molar-refractivity contribution in [2.24, 2.45) is 0 Å². The lowest BCUT2D eigenvalue weighted by Gasteiger charge is -2.07. The van der Waals surface area contributed by atoms with E-state index in [2.05, 4.69) is 10.6 Å². The Balaban J connectivity index is 3.18. The van der Waals surface area contributed by atoms with Crippen LogP contribution in [-0.4, -0.2) is 43.9 Å². The number of carbonyl (C=O) groups excluding carboxylic acids is 1. The number of carboxylic acids is 1. The third-order valence-electron chi connectivity index (χ3n) is 2.66. The van der Waals surface area contributed by atoms with Crippen LogP contribution in [0, 0.1) is 0 Å². The van der Waals surface area contributed by atoms with Gasteiger partial charge in [-0.25, -0.2) is 4.79 Å². The Kier molecular flexibility index (Phi) is 12.2. The number of rotatable bonds is 12. The zero-order chi connectivity index (χ0) is 14.3. The summed E-state index contributed by atoms with van der Waals surface area (Å²) in [6.45, 7) is 2.02. The van der Waals surface area contributed by atoms with E-state index >= 15 is 0 Å². The average molecular weight is 274 g/mol. The Morgan fingerprint density at radius 3 is 2.11 bits per heavy atom. The molecule has 2 amide bonds. The highest BCUT2D eigenvalue weighted by molar-refractivity contribution is 5.73. The molecular formula is C13H26N2O4. The topological polar surface area (TPSA) is 87.7 Å². The average Bonchev–Trinajstić information content (AvgIpc) is 2.37. The Labute approximate surface area is 114 Å². The third-order valence-corrected chi connectivity index (χ3v) is 2.66. The van der Waals surface area contributed by atoms with Crippen LogP contribution in [0.15, 0.2) is 0 Å². The second kappa shape index (κ2) is 13.1. The van der Waals surface area contributed by atoms with Gasteiger partial charge in [0, 0.05) is 33.2 Å². The van der Waals surface area contributed by atoms with Crippen molar-refractivity contribution in [3.05, 3.63) is 0 Å². The first-order chi connectivity index (χ1) is 9.16. The summed E-state index contributed by atoms with van der Waals surface area (Å²) >= 11 is 0. The fraction of sp³-hybridized carbons (Fsp3) is 0.846. The van der Waals surface area contributed by atoms with Gasteiger partial charge in [-0.1, -0.05) is 12.8 Å². The van der Waals surface area contributed by atoms with E-state index in [-0.39, 0.29) is 12.5 Å². The molecule has 0 aliphatic carbocycles. The van der Waals surface area contributed by atoms with Crippen molar-refractivity contribution >= 4 is 12.0 Å². The second-order valence-corrected chi connectivity index (χ2v) is 4.44. The molecule has 0 aliphatic heterocycles. The van der Waals surface area contributed by atoms with Gasteiger partial charge in [0.25, 0.3) is 0 Å². The van der Waals surface area contributed by atoms with Crippen LogP contribution in [-0.2, 0) is 9.53 Å². The molecule has 112 valence electrons. The highest BCUT2D eigenvalue weighted by atomic mass is 16.5. The molecule has 0 bridgehead atoms. The summed E-state index contributed by atoms with van der Waals surface area (Å²) in [5.74, 6) is -0.744. The number of hydrogen-bond donors (Lipinski definition) is 3. The number of unbranched alkanes of at least 4 members (excludes halogenated alkanes) is 4. The van der Waals surface area contributed by atoms with Crippen LogP contribution in [0.1, 0.15) is 44.9 Å². The summed E-state index contributed by atoms with van der Waals surface area (Å²) in [6, 6.07) is -0.136. The monoisotopic (exact) mass is 274 g/mol. The van der Waals surface area contributed by atoms with Crippen molar-refractivity contribution in [3.63, 3.8) is 0 Å². The predicted molar refractivity (Wildman–Crippen MR) is 73.2 cm³/mol. The fourth-order valence-corrected chi connectivity index (χ4v) is 1.59. The highest BCUT2D eigenvalue weighted by Crippen LogP contribution is 2.01. The first-order valence-electron chi connectivity index (χ1n) is 6.89. The summed E-state index contributed by atoms with van der Waals surface area (Å²) in [5.41, 5.74) is 0. The molecule has 0 aliphatic rings. The van der Waals surface area contributed by atoms with Gasteiger partial charge in [-0.05, 0) is 25.7 Å². The van der Waals surface area contributed by atoms with Crippen molar-refractivity contribution < 1.29 is 19.4 Å². The largest absolute Gasteiger partial charge is 0.481 e. The van der Waals surface area contributed by atoms with E-state index in [1.54, 1.807) is 7.11 Å². The van der Waals surface area contributed by atoms with Gasteiger partial charge in [-0.2, -0.15) is 0 Å². The standard InChI is InChI=1S/C13H26N2O4/c1-19-11-7-6-10-15-13(18)14-9-5-3-2-4-8-12(16)17/h2-11H2,1H3,(H,16,17)(H2,14,15,18). The third kappa shape index (κ3) is 14.6. The maximum atomic E-state index is 11.3. The van der Waals surface area contributed by atoms with E-state index in [0.717, 1.165) is 38.7 Å². The van der Waals surface area contributed by atoms with Gasteiger partial charge in [0.15, 0.2) is 0 Å². The summed E-state index contributed by atoms with van der Waals surface area (Å²) < 4.78 is 4.91. The van der Waals surface area contributed by atoms with Gasteiger partial charge >= 0.3 is 12.0 Å². The van der Waals surface area contributed by atoms with E-state index in [9.17, 15) is 9.59 Å². The Hall–Kier alpha value is -1.30. The van der Waals surface area contributed by atoms with Crippen LogP contribution in [0.3, 0.4) is 0 Å². The van der Waals surface area contributed by atoms with Gasteiger partial charge in [-0.3, -0.25) is 4.79 Å². The van der Waals surface area contributed by atoms with Gasteiger partial charge in [-0.15, -0.1) is 0 Å². The number of methoxy groups -OCH3 is 1. The van der Waals surface area contributed by atoms with Crippen molar-refractivity contribution in [2.45, 2.75) is 44.9 Å². The molecule has 6 nitrogen and oxygen atoms in total. The van der Waals surface area contributed by atoms with Crippen LogP contribution in [0.4, 0.5) is 4.79 Å². The minimum atomic E-state index is -0.744. The van der Waals surface area contributed by atoms with Gasteiger partial charge in [0.1, 0.15) is 0 Å². The number of hydrogen-bond acceptors (Lipinski definition) is 3. The zero-order valence-corrected chi connectivity index (χ0v) is 11.7. The van der Waals surface area contributed by atoms with Crippen LogP contribution in [0.5, 0.6) is 0 Å². The van der Waals surface area contributed by atoms with Crippen LogP contribution >= 0.6 is 0 Å². The van der Waals surface area contributed by atoms with Crippen LogP contribution in [0.25, 0.3) is 0 Å². The van der Waals surface area contributed by atoms with Crippen molar-refractivity contribution in [1.82, 2.24) is 10.6 Å². The Morgan fingerprint density at radius 2 is 1.53 bits per heavy atom. The quantitative estimate of drug-likeness (QED) is 0.473. The van der Waals surface area contributed by atoms with Crippen molar-refractivity contribution in [2.75, 3.05) is 26.8 Å². The number of carboxylic acid groups (broad SMARTS) is 1. The molecular weight excluding hydrogens is 248 g/mol. The van der Waals surface area contributed by atoms with Crippen LogP contribution in [0.2, 0.25) is 0 Å². The number of amides is 2. The van der Waals surface area contributed by atoms with E-state index in [4.69, 9.17) is 9.84 Å². The van der Waals surface area contributed by atoms with E-state index < -0.39 is 5.97 Å². The van der Waals surface area contributed by atoms with Gasteiger partial charge < -0.3 is 20.5 Å². The Morgan fingerprint density at radius 1 is 0.947 bits per heavy atom. The van der Waals surface area contributed by atoms with Crippen molar-refractivity contribution in [1.29, 1.82) is 0 Å². The van der Waals surface area contributed by atoms with Gasteiger partial charge in [0.05, 0.1) is 0 Å². The molecule has 0 atom stereocenters. The van der Waals surface area contributed by atoms with E-state index in [0.29, 0.717) is 19.5 Å². The molecule has 0 unspecified atom stereocenters. The molecule has 0 aromatic heterocycles.